The van der Waals surface area contributed by atoms with Crippen molar-refractivity contribution in [2.45, 2.75) is 110 Å². The molecule has 2 fully saturated rings. The minimum Gasteiger partial charge on any atom is -0.480 e. The summed E-state index contributed by atoms with van der Waals surface area (Å²) in [6.07, 6.45) is 3.42. The first-order chi connectivity index (χ1) is 29.5. The number of methoxy groups -OCH3 is 1. The molecule has 6 bridgehead atoms. The van der Waals surface area contributed by atoms with Crippen molar-refractivity contribution in [3.05, 3.63) is 58.2 Å². The van der Waals surface area contributed by atoms with Crippen molar-refractivity contribution in [3.8, 4) is 22.5 Å². The van der Waals surface area contributed by atoms with Gasteiger partial charge in [0.2, 0.25) is 5.91 Å². The molecule has 4 aromatic rings. The summed E-state index contributed by atoms with van der Waals surface area (Å²) in [6.45, 7) is 13.2. The van der Waals surface area contributed by atoms with E-state index in [4.69, 9.17) is 19.4 Å². The van der Waals surface area contributed by atoms with Crippen LogP contribution < -0.4 is 10.7 Å². The van der Waals surface area contributed by atoms with Gasteiger partial charge in [0.05, 0.1) is 34.8 Å². The highest BCUT2D eigenvalue weighted by molar-refractivity contribution is 7.10. The highest BCUT2D eigenvalue weighted by Gasteiger charge is 2.43. The highest BCUT2D eigenvalue weighted by atomic mass is 32.1. The van der Waals surface area contributed by atoms with E-state index in [1.165, 1.54) is 33.2 Å². The lowest BCUT2D eigenvalue weighted by Crippen LogP contribution is -2.64. The molecule has 2 saturated heterocycles. The monoisotopic (exact) mass is 870 g/mol. The van der Waals surface area contributed by atoms with Crippen LogP contribution in [0.5, 0.6) is 0 Å². The highest BCUT2D eigenvalue weighted by Crippen LogP contribution is 2.42. The predicted octanol–water partition coefficient (Wildman–Crippen LogP) is 5.44. The Morgan fingerprint density at radius 1 is 1.15 bits per heavy atom. The molecule has 1 aromatic carbocycles. The number of pyridine rings is 1. The first kappa shape index (κ1) is 44.7. The van der Waals surface area contributed by atoms with Crippen molar-refractivity contribution in [1.29, 1.82) is 0 Å². The molecule has 6 heterocycles. The van der Waals surface area contributed by atoms with Gasteiger partial charge in [-0.05, 0) is 75.3 Å². The second kappa shape index (κ2) is 18.1. The normalized spacial score (nSPS) is 21.5. The van der Waals surface area contributed by atoms with Crippen molar-refractivity contribution in [2.24, 2.45) is 11.3 Å². The number of carbonyl (C=O) groups is 5. The summed E-state index contributed by atoms with van der Waals surface area (Å²) in [5, 5.41) is 17.5. The Labute approximate surface area is 365 Å². The number of carbonyl (C=O) groups excluding carboxylic acids is 4. The lowest BCUT2D eigenvalue weighted by molar-refractivity contribution is -0.155. The van der Waals surface area contributed by atoms with Crippen LogP contribution in [0.15, 0.2) is 41.9 Å². The summed E-state index contributed by atoms with van der Waals surface area (Å²) in [7, 11) is 3.15. The number of thiazole rings is 1. The third-order valence-corrected chi connectivity index (χ3v) is 13.2. The van der Waals surface area contributed by atoms with Gasteiger partial charge in [0.1, 0.15) is 24.2 Å². The van der Waals surface area contributed by atoms with Crippen molar-refractivity contribution < 1.29 is 38.6 Å². The van der Waals surface area contributed by atoms with Gasteiger partial charge in [-0.3, -0.25) is 24.4 Å². The third kappa shape index (κ3) is 8.79. The zero-order valence-electron chi connectivity index (χ0n) is 36.8. The number of benzene rings is 1. The Bertz CT molecular complexity index is 2360. The number of aryl methyl sites for hydroxylation is 1. The van der Waals surface area contributed by atoms with Crippen molar-refractivity contribution in [3.63, 3.8) is 0 Å². The van der Waals surface area contributed by atoms with Gasteiger partial charge in [0.15, 0.2) is 0 Å². The number of hydrogen-bond donors (Lipinski definition) is 3. The van der Waals surface area contributed by atoms with Crippen LogP contribution in [0.4, 0.5) is 4.79 Å². The Morgan fingerprint density at radius 3 is 2.60 bits per heavy atom. The first-order valence-electron chi connectivity index (χ1n) is 21.4. The number of nitrogens with one attached hydrogen (secondary N) is 2. The smallest absolute Gasteiger partial charge is 0.326 e. The maximum absolute atomic E-state index is 14.5. The number of aromatic nitrogens is 3. The Balaban J connectivity index is 1.29. The molecule has 3 aromatic heterocycles. The number of ether oxygens (including phenoxy) is 2. The van der Waals surface area contributed by atoms with Gasteiger partial charge in [0.25, 0.3) is 5.91 Å². The third-order valence-electron chi connectivity index (χ3n) is 12.3. The molecule has 3 N–H and O–H groups in total. The molecule has 5 atom stereocenters. The van der Waals surface area contributed by atoms with Crippen LogP contribution in [0, 0.1) is 11.3 Å². The molecule has 16 nitrogen and oxygen atoms in total. The zero-order valence-corrected chi connectivity index (χ0v) is 37.6. The first-order valence-corrected chi connectivity index (χ1v) is 22.3. The molecule has 0 aliphatic carbocycles. The average molecular weight is 871 g/mol. The second-order valence-corrected chi connectivity index (χ2v) is 18.6. The number of aliphatic carboxylic acids is 1. The molecular weight excluding hydrogens is 813 g/mol. The number of cyclic esters (lactones) is 1. The lowest BCUT2D eigenvalue weighted by atomic mass is 9.84. The summed E-state index contributed by atoms with van der Waals surface area (Å²) in [4.78, 5) is 80.1. The van der Waals surface area contributed by atoms with Gasteiger partial charge >= 0.3 is 18.0 Å². The van der Waals surface area contributed by atoms with E-state index in [9.17, 15) is 29.1 Å². The number of rotatable bonds is 9. The Morgan fingerprint density at radius 2 is 1.92 bits per heavy atom. The summed E-state index contributed by atoms with van der Waals surface area (Å²) < 4.78 is 14.2. The largest absolute Gasteiger partial charge is 0.480 e. The van der Waals surface area contributed by atoms with Crippen LogP contribution in [-0.2, 0) is 48.0 Å². The van der Waals surface area contributed by atoms with Crippen LogP contribution in [-0.4, -0.2) is 122 Å². The lowest BCUT2D eigenvalue weighted by Gasteiger charge is -2.42. The number of amides is 4. The Hall–Kier alpha value is -5.39. The molecule has 0 spiro atoms. The van der Waals surface area contributed by atoms with Crippen LogP contribution in [0.1, 0.15) is 83.2 Å². The van der Waals surface area contributed by atoms with Crippen molar-refractivity contribution in [1.82, 2.24) is 40.1 Å². The Kier molecular flexibility index (Phi) is 13.1. The molecule has 332 valence electrons. The van der Waals surface area contributed by atoms with Crippen LogP contribution >= 0.6 is 11.3 Å². The second-order valence-electron chi connectivity index (χ2n) is 17.7. The molecule has 62 heavy (non-hydrogen) atoms. The van der Waals surface area contributed by atoms with Crippen molar-refractivity contribution >= 4 is 52.0 Å². The average Bonchev–Trinajstić information content (AvgIpc) is 3.82. The number of carboxylic acids is 1. The summed E-state index contributed by atoms with van der Waals surface area (Å²) in [6, 6.07) is 5.84. The van der Waals surface area contributed by atoms with E-state index < -0.39 is 59.4 Å². The fourth-order valence-electron chi connectivity index (χ4n) is 8.94. The van der Waals surface area contributed by atoms with Gasteiger partial charge < -0.3 is 34.3 Å². The molecule has 2 unspecified atom stereocenters. The van der Waals surface area contributed by atoms with E-state index in [1.54, 1.807) is 27.2 Å². The van der Waals surface area contributed by atoms with Gasteiger partial charge in [-0.1, -0.05) is 33.8 Å². The predicted molar refractivity (Wildman–Crippen MR) is 234 cm³/mol. The molecule has 3 aliphatic heterocycles. The van der Waals surface area contributed by atoms with Gasteiger partial charge in [-0.2, -0.15) is 0 Å². The standard InChI is InChI=1S/C45H58N8O8S/c1-9-51-34-15-14-27-20-29(34)30(39(51)28-12-10-17-46-37(28)26(4)60-8)22-45(5,6)24-61-43(58)31-13-11-18-53(49-31)41(55)32(21-36-47-33(27)23-62-36)48-40(54)38(25(2)3)50(7)44(59)52-19-16-35(52)42(56)57/h10,12,14-15,17,20,23,25-26,31-32,35,38,49H,9,11,13,16,18-19,21-22,24H2,1-8H3,(H,48,54)(H,56,57)/t26-,31-,32-,35?,38?/m0/s1. The number of fused-ring (bicyclic) bond motifs is 6. The SMILES string of the molecule is CCn1c(-c2cccnc2[C@H](C)OC)c2c3cc(ccc31)-c1csc(n1)C[C@H](NC(=O)C(C(C)C)N(C)C(=O)N1CCC1C(=O)O)C(=O)N1CCC[C@H](N1)C(=O)OCC(C)(C)C2. The summed E-state index contributed by atoms with van der Waals surface area (Å²) in [5.74, 6) is -3.00. The van der Waals surface area contributed by atoms with Crippen LogP contribution in [0.3, 0.4) is 0 Å². The van der Waals surface area contributed by atoms with Crippen molar-refractivity contribution in [2.75, 3.05) is 33.9 Å². The molecule has 17 heteroatoms. The number of hydrazine groups is 1. The fourth-order valence-corrected chi connectivity index (χ4v) is 9.79. The minimum absolute atomic E-state index is 0.0394. The fraction of sp³-hybridized carbons (Fsp3) is 0.533. The minimum atomic E-state index is -1.12. The quantitative estimate of drug-likeness (QED) is 0.182. The van der Waals surface area contributed by atoms with E-state index in [0.29, 0.717) is 43.8 Å². The number of urea groups is 1. The van der Waals surface area contributed by atoms with Gasteiger partial charge in [-0.15, -0.1) is 11.3 Å². The van der Waals surface area contributed by atoms with Gasteiger partial charge in [-0.25, -0.2) is 20.0 Å². The van der Waals surface area contributed by atoms with E-state index in [1.807, 2.05) is 24.4 Å². The van der Waals surface area contributed by atoms with E-state index in [0.717, 1.165) is 44.7 Å². The summed E-state index contributed by atoms with van der Waals surface area (Å²) in [5.41, 5.74) is 9.11. The van der Waals surface area contributed by atoms with Crippen LogP contribution in [0.2, 0.25) is 0 Å². The molecule has 4 amide bonds. The number of nitrogens with zero attached hydrogens (tertiary/aromatic N) is 6. The maximum atomic E-state index is 14.5. The van der Waals surface area contributed by atoms with E-state index >= 15 is 0 Å². The molecular formula is C45H58N8O8S. The molecule has 7 rings (SSSR count). The number of hydrogen-bond acceptors (Lipinski definition) is 11. The molecule has 0 radical (unpaired) electrons. The number of esters is 1. The molecule has 3 aliphatic rings. The zero-order chi connectivity index (χ0) is 44.6. The number of carboxylic acid groups (broad SMARTS) is 1. The van der Waals surface area contributed by atoms with Gasteiger partial charge in [0, 0.05) is 79.2 Å². The maximum Gasteiger partial charge on any atom is 0.326 e. The number of likely N-dealkylation sites (tertiary alicyclic amines) is 1. The van der Waals surface area contributed by atoms with E-state index in [-0.39, 0.29) is 31.6 Å². The molecule has 0 saturated carbocycles. The topological polar surface area (TPSA) is 189 Å². The van der Waals surface area contributed by atoms with E-state index in [2.05, 4.69) is 54.3 Å². The summed E-state index contributed by atoms with van der Waals surface area (Å²) >= 11 is 1.38. The number of likely N-dealkylation sites (N-methyl/N-ethyl adjacent to an activating group) is 1. The van der Waals surface area contributed by atoms with Crippen LogP contribution in [0.25, 0.3) is 33.4 Å².